The number of hydrogen-bond acceptors (Lipinski definition) is 6. The van der Waals surface area contributed by atoms with Crippen LogP contribution in [0, 0.1) is 5.41 Å². The second-order valence-corrected chi connectivity index (χ2v) is 9.69. The van der Waals surface area contributed by atoms with Crippen LogP contribution in [0.2, 0.25) is 5.02 Å². The van der Waals surface area contributed by atoms with Crippen LogP contribution in [-0.4, -0.2) is 39.3 Å². The summed E-state index contributed by atoms with van der Waals surface area (Å²) in [5.74, 6) is 1.31. The van der Waals surface area contributed by atoms with E-state index in [1.165, 1.54) is 11.8 Å². The number of aromatic carboxylic acids is 1. The van der Waals surface area contributed by atoms with E-state index in [0.29, 0.717) is 16.6 Å². The minimum absolute atomic E-state index is 0.177. The number of hydrogen-bond donors (Lipinski definition) is 1. The van der Waals surface area contributed by atoms with Gasteiger partial charge < -0.3 is 14.5 Å². The van der Waals surface area contributed by atoms with Crippen molar-refractivity contribution in [1.29, 1.82) is 0 Å². The maximum atomic E-state index is 11.1. The smallest absolute Gasteiger partial charge is 0.337 e. The third kappa shape index (κ3) is 3.60. The molecule has 1 spiro atoms. The van der Waals surface area contributed by atoms with E-state index >= 15 is 0 Å². The molecule has 3 aliphatic rings. The standard InChI is InChI=1S/C25H23ClN4O3/c26-18-2-1-9-27-21(18)22-20(23(33-29-22)15-3-4-15)17-12-25(13-17)7-10-30(11-8-25)19-6-5-16(14-28-19)24(31)32/h1-2,5-6,9,12,14-15H,3-4,7-8,10-11,13H2,(H,31,32). The molecule has 3 aromatic rings. The Labute approximate surface area is 196 Å². The number of carbonyl (C=O) groups is 1. The van der Waals surface area contributed by atoms with E-state index in [2.05, 4.69) is 26.1 Å². The van der Waals surface area contributed by atoms with Crippen LogP contribution < -0.4 is 4.90 Å². The first-order valence-corrected chi connectivity index (χ1v) is 11.7. The molecule has 2 aliphatic carbocycles. The van der Waals surface area contributed by atoms with Crippen LogP contribution in [-0.2, 0) is 0 Å². The molecule has 1 saturated carbocycles. The Morgan fingerprint density at radius 2 is 1.94 bits per heavy atom. The Bertz CT molecular complexity index is 1250. The molecule has 0 amide bonds. The van der Waals surface area contributed by atoms with E-state index in [0.717, 1.165) is 68.0 Å². The number of rotatable bonds is 5. The van der Waals surface area contributed by atoms with E-state index in [9.17, 15) is 4.79 Å². The topological polar surface area (TPSA) is 92.3 Å². The lowest BCUT2D eigenvalue weighted by molar-refractivity contribution is 0.0696. The number of nitrogens with zero attached hydrogens (tertiary/aromatic N) is 4. The maximum Gasteiger partial charge on any atom is 0.337 e. The molecule has 0 atom stereocenters. The first-order chi connectivity index (χ1) is 16.0. The Morgan fingerprint density at radius 3 is 2.58 bits per heavy atom. The van der Waals surface area contributed by atoms with Crippen molar-refractivity contribution in [2.24, 2.45) is 5.41 Å². The third-order valence-corrected chi connectivity index (χ3v) is 7.38. The number of pyridine rings is 2. The molecule has 0 bridgehead atoms. The van der Waals surface area contributed by atoms with Crippen molar-refractivity contribution in [1.82, 2.24) is 15.1 Å². The Hall–Kier alpha value is -3.19. The molecule has 2 fully saturated rings. The molecule has 6 rings (SSSR count). The van der Waals surface area contributed by atoms with Crippen LogP contribution in [0.3, 0.4) is 0 Å². The first kappa shape index (κ1) is 20.4. The molecule has 1 N–H and O–H groups in total. The Kier molecular flexibility index (Phi) is 4.76. The summed E-state index contributed by atoms with van der Waals surface area (Å²) in [4.78, 5) is 22.1. The van der Waals surface area contributed by atoms with Crippen LogP contribution in [0.1, 0.15) is 59.7 Å². The van der Waals surface area contributed by atoms with Gasteiger partial charge in [0.15, 0.2) is 0 Å². The number of aromatic nitrogens is 3. The molecular weight excluding hydrogens is 440 g/mol. The van der Waals surface area contributed by atoms with Crippen molar-refractivity contribution in [3.63, 3.8) is 0 Å². The average Bonchev–Trinajstić information content (AvgIpc) is 3.57. The molecule has 168 valence electrons. The van der Waals surface area contributed by atoms with Crippen molar-refractivity contribution >= 4 is 29.0 Å². The Morgan fingerprint density at radius 1 is 1.15 bits per heavy atom. The summed E-state index contributed by atoms with van der Waals surface area (Å²) in [6.07, 6.45) is 10.9. The van der Waals surface area contributed by atoms with Crippen LogP contribution >= 0.6 is 11.6 Å². The zero-order valence-electron chi connectivity index (χ0n) is 18.0. The summed E-state index contributed by atoms with van der Waals surface area (Å²) in [6, 6.07) is 7.07. The van der Waals surface area contributed by atoms with Crippen LogP contribution in [0.15, 0.2) is 47.3 Å². The van der Waals surface area contributed by atoms with Gasteiger partial charge in [-0.1, -0.05) is 22.8 Å². The average molecular weight is 463 g/mol. The molecule has 0 unspecified atom stereocenters. The zero-order valence-corrected chi connectivity index (χ0v) is 18.8. The highest BCUT2D eigenvalue weighted by atomic mass is 35.5. The summed E-state index contributed by atoms with van der Waals surface area (Å²) in [5.41, 5.74) is 4.20. The van der Waals surface area contributed by atoms with Gasteiger partial charge >= 0.3 is 5.97 Å². The van der Waals surface area contributed by atoms with E-state index in [1.54, 1.807) is 18.3 Å². The minimum atomic E-state index is -0.954. The summed E-state index contributed by atoms with van der Waals surface area (Å²) in [6.45, 7) is 1.78. The quantitative estimate of drug-likeness (QED) is 0.540. The van der Waals surface area contributed by atoms with Gasteiger partial charge in [0, 0.05) is 31.4 Å². The number of carboxylic acids is 1. The van der Waals surface area contributed by atoms with Crippen molar-refractivity contribution in [3.8, 4) is 11.4 Å². The number of piperidine rings is 1. The lowest BCUT2D eigenvalue weighted by Crippen LogP contribution is -2.42. The van der Waals surface area contributed by atoms with Crippen LogP contribution in [0.5, 0.6) is 0 Å². The van der Waals surface area contributed by atoms with Gasteiger partial charge in [0.05, 0.1) is 16.1 Å². The van der Waals surface area contributed by atoms with Gasteiger partial charge in [-0.25, -0.2) is 9.78 Å². The summed E-state index contributed by atoms with van der Waals surface area (Å²) < 4.78 is 5.82. The Balaban J connectivity index is 1.23. The maximum absolute atomic E-state index is 11.1. The molecule has 1 aliphatic heterocycles. The van der Waals surface area contributed by atoms with Gasteiger partial charge in [-0.15, -0.1) is 0 Å². The highest BCUT2D eigenvalue weighted by molar-refractivity contribution is 6.33. The molecule has 33 heavy (non-hydrogen) atoms. The molecule has 7 nitrogen and oxygen atoms in total. The fraction of sp³-hybridized carbons (Fsp3) is 0.360. The number of halogens is 1. The molecule has 0 aromatic carbocycles. The molecule has 8 heteroatoms. The molecule has 3 aromatic heterocycles. The van der Waals surface area contributed by atoms with E-state index in [1.807, 2.05) is 12.1 Å². The summed E-state index contributed by atoms with van der Waals surface area (Å²) in [7, 11) is 0. The van der Waals surface area contributed by atoms with Crippen LogP contribution in [0.4, 0.5) is 5.82 Å². The fourth-order valence-corrected chi connectivity index (χ4v) is 5.25. The van der Waals surface area contributed by atoms with E-state index < -0.39 is 5.97 Å². The third-order valence-electron chi connectivity index (χ3n) is 7.07. The molecule has 1 saturated heterocycles. The highest BCUT2D eigenvalue weighted by Gasteiger charge is 2.44. The first-order valence-electron chi connectivity index (χ1n) is 11.3. The van der Waals surface area contributed by atoms with E-state index in [4.69, 9.17) is 21.2 Å². The number of allylic oxidation sites excluding steroid dienone is 2. The number of anilines is 1. The largest absolute Gasteiger partial charge is 0.478 e. The monoisotopic (exact) mass is 462 g/mol. The van der Waals surface area contributed by atoms with Crippen molar-refractivity contribution in [2.45, 2.75) is 38.0 Å². The van der Waals surface area contributed by atoms with Gasteiger partial charge in [0.25, 0.3) is 0 Å². The van der Waals surface area contributed by atoms with Crippen molar-refractivity contribution in [3.05, 3.63) is 64.6 Å². The predicted molar refractivity (Wildman–Crippen MR) is 124 cm³/mol. The second kappa shape index (κ2) is 7.70. The van der Waals surface area contributed by atoms with Crippen molar-refractivity contribution < 1.29 is 14.4 Å². The molecule has 4 heterocycles. The van der Waals surface area contributed by atoms with Gasteiger partial charge in [0.1, 0.15) is 23.0 Å². The van der Waals surface area contributed by atoms with Gasteiger partial charge in [-0.2, -0.15) is 0 Å². The van der Waals surface area contributed by atoms with Crippen LogP contribution in [0.25, 0.3) is 17.0 Å². The van der Waals surface area contributed by atoms with Crippen molar-refractivity contribution in [2.75, 3.05) is 18.0 Å². The van der Waals surface area contributed by atoms with Gasteiger partial charge in [-0.3, -0.25) is 4.98 Å². The normalized spacial score (nSPS) is 19.3. The number of carboxylic acid groups (broad SMARTS) is 1. The second-order valence-electron chi connectivity index (χ2n) is 9.28. The lowest BCUT2D eigenvalue weighted by atomic mass is 9.63. The fourth-order valence-electron chi connectivity index (χ4n) is 5.04. The zero-order chi connectivity index (χ0) is 22.6. The van der Waals surface area contributed by atoms with Gasteiger partial charge in [-0.05, 0) is 67.4 Å². The molecule has 0 radical (unpaired) electrons. The SMILES string of the molecule is O=C(O)c1ccc(N2CCC3(C=C(c4c(-c5ncccc5Cl)noc4C4CC4)C3)CC2)nc1. The summed E-state index contributed by atoms with van der Waals surface area (Å²) >= 11 is 6.44. The minimum Gasteiger partial charge on any atom is -0.478 e. The highest BCUT2D eigenvalue weighted by Crippen LogP contribution is 2.55. The van der Waals surface area contributed by atoms with E-state index in [-0.39, 0.29) is 11.0 Å². The molecular formula is C25H23ClN4O3. The summed E-state index contributed by atoms with van der Waals surface area (Å²) in [5, 5.41) is 14.1. The predicted octanol–water partition coefficient (Wildman–Crippen LogP) is 5.43. The van der Waals surface area contributed by atoms with Gasteiger partial charge in [0.2, 0.25) is 0 Å². The lowest BCUT2D eigenvalue weighted by Gasteiger charge is -2.46.